The van der Waals surface area contributed by atoms with E-state index in [1.807, 2.05) is 24.1 Å². The molecular formula is C19H24N2O3. The van der Waals surface area contributed by atoms with E-state index in [1.165, 1.54) is 10.9 Å². The molecule has 0 bridgehead atoms. The Bertz CT molecular complexity index is 725. The minimum atomic E-state index is -0.0553. The van der Waals surface area contributed by atoms with Gasteiger partial charge in [-0.15, -0.1) is 0 Å². The van der Waals surface area contributed by atoms with Crippen LogP contribution in [0.2, 0.25) is 0 Å². The molecule has 24 heavy (non-hydrogen) atoms. The summed E-state index contributed by atoms with van der Waals surface area (Å²) < 4.78 is 13.3. The lowest BCUT2D eigenvalue weighted by molar-refractivity contribution is -0.136. The van der Waals surface area contributed by atoms with E-state index in [0.29, 0.717) is 25.6 Å². The maximum absolute atomic E-state index is 12.7. The van der Waals surface area contributed by atoms with Gasteiger partial charge in [-0.2, -0.15) is 0 Å². The van der Waals surface area contributed by atoms with E-state index in [2.05, 4.69) is 22.9 Å². The van der Waals surface area contributed by atoms with Crippen LogP contribution in [0, 0.1) is 5.92 Å². The predicted octanol–water partition coefficient (Wildman–Crippen LogP) is 2.33. The lowest BCUT2D eigenvalue weighted by atomic mass is 9.95. The lowest BCUT2D eigenvalue weighted by Gasteiger charge is -2.33. The molecule has 0 saturated carbocycles. The lowest BCUT2D eigenvalue weighted by Crippen LogP contribution is -2.42. The van der Waals surface area contributed by atoms with Crippen LogP contribution in [0.25, 0.3) is 10.9 Å². The van der Waals surface area contributed by atoms with Crippen LogP contribution in [-0.2, 0) is 27.7 Å². The second kappa shape index (κ2) is 6.57. The summed E-state index contributed by atoms with van der Waals surface area (Å²) in [5, 5.41) is 1.18. The van der Waals surface area contributed by atoms with E-state index in [0.717, 1.165) is 31.5 Å². The average Bonchev–Trinajstić information content (AvgIpc) is 3.25. The standard InChI is InChI=1S/C19H24N2O3/c1-20-13-15(16-4-2-3-5-17(16)20)12-18(22)21-8-6-14(7-9-21)19-23-10-11-24-19/h2-5,13-14,19H,6-12H2,1H3. The number of carbonyl (C=O) groups excluding carboxylic acids is 1. The molecule has 0 atom stereocenters. The van der Waals surface area contributed by atoms with E-state index in [-0.39, 0.29) is 12.2 Å². The minimum absolute atomic E-state index is 0.0553. The van der Waals surface area contributed by atoms with Crippen LogP contribution in [0.1, 0.15) is 18.4 Å². The Kier molecular flexibility index (Phi) is 4.29. The number of fused-ring (bicyclic) bond motifs is 1. The van der Waals surface area contributed by atoms with E-state index in [1.54, 1.807) is 0 Å². The van der Waals surface area contributed by atoms with Crippen LogP contribution in [0.3, 0.4) is 0 Å². The number of nitrogens with zero attached hydrogens (tertiary/aromatic N) is 2. The molecule has 2 fully saturated rings. The van der Waals surface area contributed by atoms with Gasteiger partial charge in [-0.25, -0.2) is 0 Å². The SMILES string of the molecule is Cn1cc(CC(=O)N2CCC(C3OCCO3)CC2)c2ccccc21. The number of para-hydroxylation sites is 1. The molecular weight excluding hydrogens is 304 g/mol. The minimum Gasteiger partial charge on any atom is -0.350 e. The second-order valence-electron chi connectivity index (χ2n) is 6.79. The van der Waals surface area contributed by atoms with Gasteiger partial charge in [0.1, 0.15) is 0 Å². The fraction of sp³-hybridized carbons (Fsp3) is 0.526. The Labute approximate surface area is 142 Å². The number of piperidine rings is 1. The molecule has 1 aromatic heterocycles. The maximum atomic E-state index is 12.7. The number of aromatic nitrogens is 1. The first-order valence-corrected chi connectivity index (χ1v) is 8.76. The first-order chi connectivity index (χ1) is 11.7. The van der Waals surface area contributed by atoms with Crippen LogP contribution < -0.4 is 0 Å². The molecule has 0 spiro atoms. The predicted molar refractivity (Wildman–Crippen MR) is 91.6 cm³/mol. The van der Waals surface area contributed by atoms with Crippen molar-refractivity contribution in [2.24, 2.45) is 13.0 Å². The summed E-state index contributed by atoms with van der Waals surface area (Å²) in [6.45, 7) is 3.00. The Balaban J connectivity index is 1.39. The topological polar surface area (TPSA) is 43.7 Å². The van der Waals surface area contributed by atoms with Crippen LogP contribution in [-0.4, -0.2) is 48.0 Å². The molecule has 2 saturated heterocycles. The second-order valence-corrected chi connectivity index (χ2v) is 6.79. The summed E-state index contributed by atoms with van der Waals surface area (Å²) in [6.07, 6.45) is 4.43. The molecule has 5 heteroatoms. The number of rotatable bonds is 3. The molecule has 1 aromatic carbocycles. The number of amides is 1. The monoisotopic (exact) mass is 328 g/mol. The first kappa shape index (κ1) is 15.7. The molecule has 0 radical (unpaired) electrons. The van der Waals surface area contributed by atoms with E-state index >= 15 is 0 Å². The number of hydrogen-bond donors (Lipinski definition) is 0. The van der Waals surface area contributed by atoms with E-state index in [4.69, 9.17) is 9.47 Å². The normalized spacial score (nSPS) is 20.1. The summed E-state index contributed by atoms with van der Waals surface area (Å²) in [7, 11) is 2.03. The molecule has 128 valence electrons. The van der Waals surface area contributed by atoms with Crippen molar-refractivity contribution in [3.63, 3.8) is 0 Å². The van der Waals surface area contributed by atoms with Crippen LogP contribution >= 0.6 is 0 Å². The Morgan fingerprint density at radius 3 is 2.62 bits per heavy atom. The Morgan fingerprint density at radius 1 is 1.17 bits per heavy atom. The third-order valence-electron chi connectivity index (χ3n) is 5.25. The van der Waals surface area contributed by atoms with Gasteiger partial charge in [0.2, 0.25) is 5.91 Å². The van der Waals surface area contributed by atoms with Crippen LogP contribution in [0.5, 0.6) is 0 Å². The van der Waals surface area contributed by atoms with Gasteiger partial charge in [0.15, 0.2) is 6.29 Å². The number of likely N-dealkylation sites (tertiary alicyclic amines) is 1. The van der Waals surface area contributed by atoms with Crippen molar-refractivity contribution < 1.29 is 14.3 Å². The number of ether oxygens (including phenoxy) is 2. The van der Waals surface area contributed by atoms with Crippen molar-refractivity contribution in [1.29, 1.82) is 0 Å². The van der Waals surface area contributed by atoms with Crippen molar-refractivity contribution in [3.8, 4) is 0 Å². The molecule has 0 N–H and O–H groups in total. The molecule has 0 aliphatic carbocycles. The highest BCUT2D eigenvalue weighted by molar-refractivity contribution is 5.89. The van der Waals surface area contributed by atoms with Gasteiger partial charge in [-0.3, -0.25) is 4.79 Å². The largest absolute Gasteiger partial charge is 0.350 e. The highest BCUT2D eigenvalue weighted by Gasteiger charge is 2.31. The Morgan fingerprint density at radius 2 is 1.88 bits per heavy atom. The first-order valence-electron chi connectivity index (χ1n) is 8.76. The van der Waals surface area contributed by atoms with Crippen LogP contribution in [0.15, 0.2) is 30.5 Å². The molecule has 5 nitrogen and oxygen atoms in total. The highest BCUT2D eigenvalue weighted by Crippen LogP contribution is 2.27. The van der Waals surface area contributed by atoms with Crippen molar-refractivity contribution in [3.05, 3.63) is 36.0 Å². The van der Waals surface area contributed by atoms with Gasteiger partial charge in [0.05, 0.1) is 19.6 Å². The van der Waals surface area contributed by atoms with Crippen molar-refractivity contribution in [2.45, 2.75) is 25.6 Å². The zero-order valence-electron chi connectivity index (χ0n) is 14.1. The summed E-state index contributed by atoms with van der Waals surface area (Å²) >= 11 is 0. The van der Waals surface area contributed by atoms with Gasteiger partial charge in [0, 0.05) is 43.2 Å². The molecule has 2 aliphatic rings. The summed E-state index contributed by atoms with van der Waals surface area (Å²) in [6, 6.07) is 8.25. The number of hydrogen-bond acceptors (Lipinski definition) is 3. The van der Waals surface area contributed by atoms with Crippen molar-refractivity contribution in [1.82, 2.24) is 9.47 Å². The van der Waals surface area contributed by atoms with Gasteiger partial charge in [-0.05, 0) is 24.5 Å². The van der Waals surface area contributed by atoms with Crippen LogP contribution in [0.4, 0.5) is 0 Å². The van der Waals surface area contributed by atoms with Gasteiger partial charge >= 0.3 is 0 Å². The van der Waals surface area contributed by atoms with Gasteiger partial charge in [0.25, 0.3) is 0 Å². The zero-order chi connectivity index (χ0) is 16.5. The van der Waals surface area contributed by atoms with Crippen molar-refractivity contribution >= 4 is 16.8 Å². The van der Waals surface area contributed by atoms with Gasteiger partial charge < -0.3 is 18.9 Å². The molecule has 0 unspecified atom stereocenters. The maximum Gasteiger partial charge on any atom is 0.227 e. The third-order valence-corrected chi connectivity index (χ3v) is 5.25. The van der Waals surface area contributed by atoms with E-state index in [9.17, 15) is 4.79 Å². The summed E-state index contributed by atoms with van der Waals surface area (Å²) in [5.74, 6) is 0.646. The smallest absolute Gasteiger partial charge is 0.227 e. The third kappa shape index (κ3) is 2.94. The molecule has 2 aliphatic heterocycles. The van der Waals surface area contributed by atoms with Gasteiger partial charge in [-0.1, -0.05) is 18.2 Å². The van der Waals surface area contributed by atoms with Crippen molar-refractivity contribution in [2.75, 3.05) is 26.3 Å². The number of aryl methyl sites for hydroxylation is 1. The molecule has 2 aromatic rings. The zero-order valence-corrected chi connectivity index (χ0v) is 14.1. The summed E-state index contributed by atoms with van der Waals surface area (Å²) in [5.41, 5.74) is 2.29. The number of carbonyl (C=O) groups is 1. The Hall–Kier alpha value is -1.85. The molecule has 4 rings (SSSR count). The summed E-state index contributed by atoms with van der Waals surface area (Å²) in [4.78, 5) is 14.7. The highest BCUT2D eigenvalue weighted by atomic mass is 16.7. The average molecular weight is 328 g/mol. The van der Waals surface area contributed by atoms with E-state index < -0.39 is 0 Å². The quantitative estimate of drug-likeness (QED) is 0.868. The molecule has 1 amide bonds. The fourth-order valence-corrected chi connectivity index (χ4v) is 3.91. The molecule has 3 heterocycles. The fourth-order valence-electron chi connectivity index (χ4n) is 3.91. The number of benzene rings is 1.